The van der Waals surface area contributed by atoms with Crippen molar-refractivity contribution < 1.29 is 13.8 Å². The van der Waals surface area contributed by atoms with Crippen molar-refractivity contribution in [3.8, 4) is 5.75 Å². The Morgan fingerprint density at radius 1 is 1.10 bits per heavy atom. The van der Waals surface area contributed by atoms with Gasteiger partial charge in [0.05, 0.1) is 13.7 Å². The van der Waals surface area contributed by atoms with Crippen molar-refractivity contribution in [2.45, 2.75) is 17.5 Å². The predicted octanol–water partition coefficient (Wildman–Crippen LogP) is 3.40. The van der Waals surface area contributed by atoms with Gasteiger partial charge in [-0.25, -0.2) is 9.02 Å². The zero-order chi connectivity index (χ0) is 22.2. The first-order valence-electron chi connectivity index (χ1n) is 9.21. The van der Waals surface area contributed by atoms with E-state index in [1.807, 2.05) is 24.3 Å². The van der Waals surface area contributed by atoms with Gasteiger partial charge in [-0.1, -0.05) is 39.9 Å². The van der Waals surface area contributed by atoms with Gasteiger partial charge in [0.1, 0.15) is 17.3 Å². The number of benzene rings is 2. The number of aromatic nitrogens is 2. The fourth-order valence-electron chi connectivity index (χ4n) is 2.64. The maximum Gasteiger partial charge on any atom is 0.188 e. The number of ether oxygens (including phenoxy) is 1. The van der Waals surface area contributed by atoms with Gasteiger partial charge in [0.25, 0.3) is 0 Å². The van der Waals surface area contributed by atoms with Crippen molar-refractivity contribution in [3.05, 3.63) is 70.8 Å². The van der Waals surface area contributed by atoms with Crippen LogP contribution in [0.5, 0.6) is 5.75 Å². The molecule has 5 N–H and O–H groups in total. The highest BCUT2D eigenvalue weighted by Gasteiger charge is 2.16. The van der Waals surface area contributed by atoms with Gasteiger partial charge in [-0.15, -0.1) is 0 Å². The Hall–Kier alpha value is -3.22. The van der Waals surface area contributed by atoms with Crippen LogP contribution in [0.4, 0.5) is 10.1 Å². The Labute approximate surface area is 191 Å². The molecule has 1 aromatic heterocycles. The largest absolute Gasteiger partial charge is 0.497 e. The molecule has 3 rings (SSSR count). The molecule has 11 heteroatoms. The Balaban J connectivity index is 1.53. The monoisotopic (exact) mass is 537 g/mol. The minimum Gasteiger partial charge on any atom is -0.497 e. The van der Waals surface area contributed by atoms with Gasteiger partial charge in [-0.05, 0) is 46.6 Å². The third-order valence-corrected chi connectivity index (χ3v) is 5.14. The summed E-state index contributed by atoms with van der Waals surface area (Å²) in [5.74, 6) is 0.529. The number of nitrogens with one attached hydrogen (secondary N) is 5. The topological polar surface area (TPSA) is 132 Å². The van der Waals surface area contributed by atoms with Crippen LogP contribution in [0, 0.1) is 16.6 Å². The second-order valence-electron chi connectivity index (χ2n) is 6.43. The summed E-state index contributed by atoms with van der Waals surface area (Å²) in [5, 5.41) is 32.5. The molecule has 0 aliphatic rings. The minimum absolute atomic E-state index is 0.0400. The van der Waals surface area contributed by atoms with Gasteiger partial charge in [0, 0.05) is 16.7 Å². The molecule has 9 nitrogen and oxygen atoms in total. The van der Waals surface area contributed by atoms with Crippen LogP contribution in [-0.4, -0.2) is 29.2 Å². The number of hydrogen-bond donors (Lipinski definition) is 5. The Morgan fingerprint density at radius 3 is 2.55 bits per heavy atom. The maximum atomic E-state index is 13.7. The van der Waals surface area contributed by atoms with Crippen molar-refractivity contribution >= 4 is 40.1 Å². The van der Waals surface area contributed by atoms with Gasteiger partial charge in [0.2, 0.25) is 0 Å². The lowest BCUT2D eigenvalue weighted by Crippen LogP contribution is -2.35. The Bertz CT molecular complexity index is 1060. The van der Waals surface area contributed by atoms with E-state index in [-0.39, 0.29) is 29.9 Å². The zero-order valence-electron chi connectivity index (χ0n) is 16.6. The third kappa shape index (κ3) is 6.13. The summed E-state index contributed by atoms with van der Waals surface area (Å²) in [6, 6.07) is 12.1. The van der Waals surface area contributed by atoms with Crippen LogP contribution in [0.2, 0.25) is 0 Å². The smallest absolute Gasteiger partial charge is 0.188 e. The van der Waals surface area contributed by atoms with Crippen LogP contribution in [0.3, 0.4) is 0 Å². The number of methoxy groups -OCH3 is 1. The molecule has 3 aromatic rings. The van der Waals surface area contributed by atoms with Gasteiger partial charge < -0.3 is 20.7 Å². The van der Waals surface area contributed by atoms with Crippen molar-refractivity contribution in [3.63, 3.8) is 0 Å². The summed E-state index contributed by atoms with van der Waals surface area (Å²) >= 11 is 2.08. The standard InChI is InChI=1S/C20H21FIN7O2/c1-30-15-5-2-12(3-6-15)10-25-20(24)26-11-17-18(29-31-28-17)19(23)27-14-4-7-16(21)13(8-14)9-22/h2-8H,9-11H2,1H3,(H2,23,27)(H3,24,25,26). The molecule has 0 spiro atoms. The van der Waals surface area contributed by atoms with E-state index in [1.165, 1.54) is 6.07 Å². The van der Waals surface area contributed by atoms with Crippen molar-refractivity contribution in [1.82, 2.24) is 20.9 Å². The van der Waals surface area contributed by atoms with E-state index < -0.39 is 0 Å². The molecule has 0 saturated carbocycles. The summed E-state index contributed by atoms with van der Waals surface area (Å²) in [5.41, 5.74) is 2.66. The van der Waals surface area contributed by atoms with Gasteiger partial charge in [-0.2, -0.15) is 0 Å². The molecule has 0 amide bonds. The number of alkyl halides is 1. The average molecular weight is 537 g/mol. The van der Waals surface area contributed by atoms with E-state index in [1.54, 1.807) is 19.2 Å². The molecule has 0 aliphatic carbocycles. The van der Waals surface area contributed by atoms with Gasteiger partial charge >= 0.3 is 0 Å². The number of nitrogens with zero attached hydrogens (tertiary/aromatic N) is 2. The van der Waals surface area contributed by atoms with E-state index in [4.69, 9.17) is 20.2 Å². The van der Waals surface area contributed by atoms with E-state index in [2.05, 4.69) is 48.9 Å². The first-order valence-corrected chi connectivity index (χ1v) is 10.7. The van der Waals surface area contributed by atoms with E-state index in [0.717, 1.165) is 11.3 Å². The highest BCUT2D eigenvalue weighted by Crippen LogP contribution is 2.18. The number of guanidine groups is 1. The van der Waals surface area contributed by atoms with Crippen LogP contribution >= 0.6 is 22.6 Å². The van der Waals surface area contributed by atoms with Crippen LogP contribution in [0.1, 0.15) is 22.5 Å². The lowest BCUT2D eigenvalue weighted by molar-refractivity contribution is 0.302. The Kier molecular flexibility index (Phi) is 7.76. The van der Waals surface area contributed by atoms with E-state index in [0.29, 0.717) is 27.9 Å². The molecule has 0 unspecified atom stereocenters. The summed E-state index contributed by atoms with van der Waals surface area (Å²) in [7, 11) is 1.61. The van der Waals surface area contributed by atoms with Gasteiger partial charge in [-0.3, -0.25) is 10.8 Å². The van der Waals surface area contributed by atoms with E-state index >= 15 is 0 Å². The summed E-state index contributed by atoms with van der Waals surface area (Å²) in [4.78, 5) is 0. The lowest BCUT2D eigenvalue weighted by Gasteiger charge is -2.11. The summed E-state index contributed by atoms with van der Waals surface area (Å²) < 4.78 is 24.1. The third-order valence-electron chi connectivity index (χ3n) is 4.31. The van der Waals surface area contributed by atoms with Crippen molar-refractivity contribution in [2.24, 2.45) is 0 Å². The van der Waals surface area contributed by atoms with Crippen molar-refractivity contribution in [1.29, 1.82) is 10.8 Å². The van der Waals surface area contributed by atoms with Crippen LogP contribution in [0.25, 0.3) is 0 Å². The second kappa shape index (κ2) is 10.7. The number of anilines is 1. The summed E-state index contributed by atoms with van der Waals surface area (Å²) in [6.07, 6.45) is 0. The molecular formula is C20H21FIN7O2. The molecule has 0 atom stereocenters. The number of halogens is 2. The number of rotatable bonds is 8. The van der Waals surface area contributed by atoms with Gasteiger partial charge in [0.15, 0.2) is 17.5 Å². The molecule has 0 aliphatic heterocycles. The molecule has 0 bridgehead atoms. The average Bonchev–Trinajstić information content (AvgIpc) is 3.26. The van der Waals surface area contributed by atoms with E-state index in [9.17, 15) is 4.39 Å². The first-order chi connectivity index (χ1) is 15.0. The lowest BCUT2D eigenvalue weighted by atomic mass is 10.2. The minimum atomic E-state index is -0.292. The summed E-state index contributed by atoms with van der Waals surface area (Å²) in [6.45, 7) is 0.598. The molecular weight excluding hydrogens is 516 g/mol. The quantitative estimate of drug-likeness (QED) is 0.129. The fraction of sp³-hybridized carbons (Fsp3) is 0.200. The Morgan fingerprint density at radius 2 is 1.84 bits per heavy atom. The highest BCUT2D eigenvalue weighted by atomic mass is 127. The molecule has 162 valence electrons. The molecule has 1 heterocycles. The molecule has 0 radical (unpaired) electrons. The number of amidine groups is 1. The predicted molar refractivity (Wildman–Crippen MR) is 123 cm³/mol. The SMILES string of the molecule is COc1ccc(CNC(=N)NCc2nonc2C(=N)Nc2ccc(F)c(CI)c2)cc1. The molecule has 2 aromatic carbocycles. The van der Waals surface area contributed by atoms with Crippen molar-refractivity contribution in [2.75, 3.05) is 12.4 Å². The van der Waals surface area contributed by atoms with Crippen LogP contribution < -0.4 is 20.7 Å². The normalized spacial score (nSPS) is 10.4. The number of hydrogen-bond acceptors (Lipinski definition) is 6. The zero-order valence-corrected chi connectivity index (χ0v) is 18.8. The maximum absolute atomic E-state index is 13.7. The van der Waals surface area contributed by atoms with Crippen LogP contribution in [-0.2, 0) is 17.5 Å². The molecule has 31 heavy (non-hydrogen) atoms. The second-order valence-corrected chi connectivity index (χ2v) is 7.19. The molecule has 0 saturated heterocycles. The molecule has 0 fully saturated rings. The fourth-order valence-corrected chi connectivity index (χ4v) is 3.22. The van der Waals surface area contributed by atoms with Crippen LogP contribution in [0.15, 0.2) is 47.1 Å². The highest BCUT2D eigenvalue weighted by molar-refractivity contribution is 14.1. The first kappa shape index (κ1) is 22.5.